The van der Waals surface area contributed by atoms with Gasteiger partial charge in [0.15, 0.2) is 6.10 Å². The van der Waals surface area contributed by atoms with Crippen molar-refractivity contribution in [2.24, 2.45) is 5.92 Å². The summed E-state index contributed by atoms with van der Waals surface area (Å²) < 4.78 is 5.23. The minimum absolute atomic E-state index is 0.367. The van der Waals surface area contributed by atoms with E-state index in [1.54, 1.807) is 6.08 Å². The molecule has 0 aliphatic carbocycles. The lowest BCUT2D eigenvalue weighted by molar-refractivity contribution is -0.150. The van der Waals surface area contributed by atoms with E-state index in [0.717, 1.165) is 6.42 Å². The van der Waals surface area contributed by atoms with Crippen molar-refractivity contribution in [1.29, 1.82) is 0 Å². The first-order valence-corrected chi connectivity index (χ1v) is 4.57. The van der Waals surface area contributed by atoms with E-state index in [0.29, 0.717) is 18.9 Å². The Kier molecular flexibility index (Phi) is 6.24. The highest BCUT2D eigenvalue weighted by atomic mass is 16.5. The van der Waals surface area contributed by atoms with E-state index in [9.17, 15) is 4.79 Å². The highest BCUT2D eigenvalue weighted by Crippen LogP contribution is 2.06. The number of carboxylic acids is 1. The van der Waals surface area contributed by atoms with E-state index < -0.39 is 12.1 Å². The monoisotopic (exact) mass is 186 g/mol. The molecule has 3 heteroatoms. The van der Waals surface area contributed by atoms with Gasteiger partial charge >= 0.3 is 5.97 Å². The van der Waals surface area contributed by atoms with Gasteiger partial charge in [-0.1, -0.05) is 26.3 Å². The lowest BCUT2D eigenvalue weighted by Gasteiger charge is -2.14. The summed E-state index contributed by atoms with van der Waals surface area (Å²) in [7, 11) is 0. The Balaban J connectivity index is 3.81. The molecule has 1 N–H and O–H groups in total. The number of aliphatic carboxylic acids is 1. The van der Waals surface area contributed by atoms with Gasteiger partial charge in [-0.3, -0.25) is 0 Å². The van der Waals surface area contributed by atoms with Crippen molar-refractivity contribution in [3.05, 3.63) is 12.7 Å². The van der Waals surface area contributed by atoms with Crippen LogP contribution in [0.1, 0.15) is 26.7 Å². The van der Waals surface area contributed by atoms with Crippen molar-refractivity contribution in [1.82, 2.24) is 0 Å². The number of hydrogen-bond acceptors (Lipinski definition) is 2. The number of hydrogen-bond donors (Lipinski definition) is 1. The summed E-state index contributed by atoms with van der Waals surface area (Å²) in [5, 5.41) is 8.72. The van der Waals surface area contributed by atoms with E-state index in [1.807, 2.05) is 6.92 Å². The Labute approximate surface area is 79.4 Å². The molecule has 3 nitrogen and oxygen atoms in total. The van der Waals surface area contributed by atoms with Gasteiger partial charge in [0.2, 0.25) is 0 Å². The van der Waals surface area contributed by atoms with Crippen LogP contribution in [0.3, 0.4) is 0 Å². The van der Waals surface area contributed by atoms with E-state index in [1.165, 1.54) is 0 Å². The van der Waals surface area contributed by atoms with Gasteiger partial charge in [0, 0.05) is 6.42 Å². The molecular formula is C10H18O3. The molecule has 0 aromatic rings. The molecule has 0 aliphatic rings. The van der Waals surface area contributed by atoms with Crippen LogP contribution in [-0.4, -0.2) is 23.8 Å². The van der Waals surface area contributed by atoms with Gasteiger partial charge in [-0.15, -0.1) is 6.58 Å². The van der Waals surface area contributed by atoms with Crippen molar-refractivity contribution in [2.75, 3.05) is 6.61 Å². The van der Waals surface area contributed by atoms with Gasteiger partial charge < -0.3 is 9.84 Å². The second kappa shape index (κ2) is 6.66. The molecule has 0 rings (SSSR count). The SMILES string of the molecule is C=CCC(OCC(C)CC)C(=O)O. The third-order valence-electron chi connectivity index (χ3n) is 1.94. The van der Waals surface area contributed by atoms with Gasteiger partial charge in [-0.25, -0.2) is 4.79 Å². The Bertz CT molecular complexity index is 166. The molecule has 0 radical (unpaired) electrons. The summed E-state index contributed by atoms with van der Waals surface area (Å²) in [6.45, 7) is 8.08. The minimum Gasteiger partial charge on any atom is -0.479 e. The van der Waals surface area contributed by atoms with Crippen molar-refractivity contribution >= 4 is 5.97 Å². The van der Waals surface area contributed by atoms with Crippen LogP contribution in [0.2, 0.25) is 0 Å². The number of carboxylic acid groups (broad SMARTS) is 1. The van der Waals surface area contributed by atoms with Crippen molar-refractivity contribution < 1.29 is 14.6 Å². The molecule has 0 spiro atoms. The quantitative estimate of drug-likeness (QED) is 0.619. The minimum atomic E-state index is -0.914. The van der Waals surface area contributed by atoms with Crippen LogP contribution in [0.5, 0.6) is 0 Å². The van der Waals surface area contributed by atoms with Crippen LogP contribution < -0.4 is 0 Å². The van der Waals surface area contributed by atoms with Gasteiger partial charge in [0.25, 0.3) is 0 Å². The largest absolute Gasteiger partial charge is 0.479 e. The average Bonchev–Trinajstić information content (AvgIpc) is 2.11. The van der Waals surface area contributed by atoms with E-state index in [-0.39, 0.29) is 0 Å². The van der Waals surface area contributed by atoms with Crippen molar-refractivity contribution in [3.63, 3.8) is 0 Å². The Morgan fingerprint density at radius 3 is 2.69 bits per heavy atom. The molecule has 2 unspecified atom stereocenters. The predicted octanol–water partition coefficient (Wildman–Crippen LogP) is 2.08. The fourth-order valence-corrected chi connectivity index (χ4v) is 0.790. The molecule has 0 saturated carbocycles. The zero-order chi connectivity index (χ0) is 10.3. The van der Waals surface area contributed by atoms with Gasteiger partial charge in [-0.2, -0.15) is 0 Å². The van der Waals surface area contributed by atoms with Crippen LogP contribution in [0.4, 0.5) is 0 Å². The van der Waals surface area contributed by atoms with E-state index in [4.69, 9.17) is 9.84 Å². The van der Waals surface area contributed by atoms with Crippen LogP contribution in [-0.2, 0) is 9.53 Å². The molecule has 0 bridgehead atoms. The number of rotatable bonds is 7. The molecular weight excluding hydrogens is 168 g/mol. The topological polar surface area (TPSA) is 46.5 Å². The Morgan fingerprint density at radius 1 is 1.69 bits per heavy atom. The fourth-order valence-electron chi connectivity index (χ4n) is 0.790. The lowest BCUT2D eigenvalue weighted by atomic mass is 10.1. The maximum Gasteiger partial charge on any atom is 0.333 e. The van der Waals surface area contributed by atoms with Crippen LogP contribution in [0.25, 0.3) is 0 Å². The predicted molar refractivity (Wildman–Crippen MR) is 51.6 cm³/mol. The molecule has 0 aliphatic heterocycles. The van der Waals surface area contributed by atoms with Crippen LogP contribution in [0.15, 0.2) is 12.7 Å². The summed E-state index contributed by atoms with van der Waals surface area (Å²) in [4.78, 5) is 10.6. The first-order chi connectivity index (χ1) is 6.11. The molecule has 0 amide bonds. The second-order valence-electron chi connectivity index (χ2n) is 3.20. The molecule has 13 heavy (non-hydrogen) atoms. The van der Waals surface area contributed by atoms with Crippen LogP contribution >= 0.6 is 0 Å². The van der Waals surface area contributed by atoms with Gasteiger partial charge in [-0.05, 0) is 5.92 Å². The zero-order valence-electron chi connectivity index (χ0n) is 8.32. The fraction of sp³-hybridized carbons (Fsp3) is 0.700. The smallest absolute Gasteiger partial charge is 0.333 e. The summed E-state index contributed by atoms with van der Waals surface area (Å²) in [5.74, 6) is -0.505. The molecule has 0 heterocycles. The highest BCUT2D eigenvalue weighted by molar-refractivity contribution is 5.72. The maximum atomic E-state index is 10.6. The van der Waals surface area contributed by atoms with Crippen molar-refractivity contribution in [3.8, 4) is 0 Å². The molecule has 2 atom stereocenters. The average molecular weight is 186 g/mol. The summed E-state index contributed by atoms with van der Waals surface area (Å²) in [6.07, 6.45) is 2.20. The first kappa shape index (κ1) is 12.2. The molecule has 0 aromatic heterocycles. The van der Waals surface area contributed by atoms with Gasteiger partial charge in [0.05, 0.1) is 6.61 Å². The maximum absolute atomic E-state index is 10.6. The third kappa shape index (κ3) is 5.42. The first-order valence-electron chi connectivity index (χ1n) is 4.57. The zero-order valence-corrected chi connectivity index (χ0v) is 8.32. The number of ether oxygens (including phenoxy) is 1. The standard InChI is InChI=1S/C10H18O3/c1-4-6-9(10(11)12)13-7-8(3)5-2/h4,8-9H,1,5-7H2,2-3H3,(H,11,12). The lowest BCUT2D eigenvalue weighted by Crippen LogP contribution is -2.25. The van der Waals surface area contributed by atoms with Gasteiger partial charge in [0.1, 0.15) is 0 Å². The Morgan fingerprint density at radius 2 is 2.31 bits per heavy atom. The molecule has 76 valence electrons. The van der Waals surface area contributed by atoms with Crippen LogP contribution in [0, 0.1) is 5.92 Å². The third-order valence-corrected chi connectivity index (χ3v) is 1.94. The molecule has 0 saturated heterocycles. The van der Waals surface area contributed by atoms with E-state index >= 15 is 0 Å². The van der Waals surface area contributed by atoms with E-state index in [2.05, 4.69) is 13.5 Å². The Hall–Kier alpha value is -0.830. The van der Waals surface area contributed by atoms with Crippen molar-refractivity contribution in [2.45, 2.75) is 32.8 Å². The normalized spacial score (nSPS) is 14.9. The molecule has 0 aromatic carbocycles. The summed E-state index contributed by atoms with van der Waals surface area (Å²) in [5.41, 5.74) is 0. The highest BCUT2D eigenvalue weighted by Gasteiger charge is 2.16. The summed E-state index contributed by atoms with van der Waals surface area (Å²) in [6, 6.07) is 0. The second-order valence-corrected chi connectivity index (χ2v) is 3.20. The number of carbonyl (C=O) groups is 1. The molecule has 0 fully saturated rings. The summed E-state index contributed by atoms with van der Waals surface area (Å²) >= 11 is 0.